The van der Waals surface area contributed by atoms with Gasteiger partial charge in [0.05, 0.1) is 12.1 Å². The summed E-state index contributed by atoms with van der Waals surface area (Å²) in [6.45, 7) is 1.65. The highest BCUT2D eigenvalue weighted by molar-refractivity contribution is 5.77. The molecule has 1 fully saturated rings. The topological polar surface area (TPSA) is 20.1 Å². The molecular weight excluding hydrogens is 126 g/mol. The van der Waals surface area contributed by atoms with E-state index in [0.29, 0.717) is 12.1 Å². The molecule has 2 atom stereocenters. The van der Waals surface area contributed by atoms with Gasteiger partial charge >= 0.3 is 0 Å². The van der Waals surface area contributed by atoms with Gasteiger partial charge in [-0.25, -0.2) is 0 Å². The first-order chi connectivity index (χ1) is 4.80. The van der Waals surface area contributed by atoms with Gasteiger partial charge in [0.25, 0.3) is 0 Å². The van der Waals surface area contributed by atoms with Gasteiger partial charge in [-0.2, -0.15) is 0 Å². The molecule has 1 heterocycles. The Morgan fingerprint density at radius 3 is 2.30 bits per heavy atom. The summed E-state index contributed by atoms with van der Waals surface area (Å²) in [6, 6.07) is 1.12. The lowest BCUT2D eigenvalue weighted by molar-refractivity contribution is -0.124. The Balaban J connectivity index is 2.04. The Hall–Kier alpha value is -0.790. The lowest BCUT2D eigenvalue weighted by atomic mass is 10.1. The molecule has 10 heavy (non-hydrogen) atoms. The average Bonchev–Trinajstić information content (AvgIpc) is 2.60. The average molecular weight is 137 g/mol. The largest absolute Gasteiger partial charge is 0.332 e. The van der Waals surface area contributed by atoms with E-state index in [9.17, 15) is 4.79 Å². The van der Waals surface area contributed by atoms with Gasteiger partial charge in [0, 0.05) is 6.92 Å². The second-order valence-electron chi connectivity index (χ2n) is 3.00. The Morgan fingerprint density at radius 1 is 1.40 bits per heavy atom. The summed E-state index contributed by atoms with van der Waals surface area (Å²) in [5.74, 6) is 0.235. The molecule has 0 unspecified atom stereocenters. The number of carbonyl (C=O) groups excluding carboxylic acids is 1. The van der Waals surface area contributed by atoms with Crippen LogP contribution in [0.2, 0.25) is 0 Å². The number of amides is 1. The molecule has 1 saturated heterocycles. The van der Waals surface area contributed by atoms with E-state index in [1.54, 1.807) is 6.92 Å². The molecule has 54 valence electrons. The molecule has 0 bridgehead atoms. The molecule has 0 aromatic heterocycles. The van der Waals surface area contributed by atoms with Crippen LogP contribution in [0.5, 0.6) is 0 Å². The Morgan fingerprint density at radius 2 is 1.90 bits per heavy atom. The summed E-state index contributed by atoms with van der Waals surface area (Å²) in [5.41, 5.74) is 0. The molecule has 1 amide bonds. The maximum atomic E-state index is 10.9. The summed E-state index contributed by atoms with van der Waals surface area (Å²) in [4.78, 5) is 12.8. The zero-order valence-electron chi connectivity index (χ0n) is 6.08. The van der Waals surface area contributed by atoms with Crippen molar-refractivity contribution in [1.29, 1.82) is 0 Å². The summed E-state index contributed by atoms with van der Waals surface area (Å²) < 4.78 is 0. The highest BCUT2D eigenvalue weighted by Gasteiger charge is 2.48. The fraction of sp³-hybridized carbons (Fsp3) is 0.625. The maximum absolute atomic E-state index is 10.9. The first kappa shape index (κ1) is 5.96. The van der Waals surface area contributed by atoms with Gasteiger partial charge in [0.15, 0.2) is 0 Å². The molecule has 0 spiro atoms. The highest BCUT2D eigenvalue weighted by atomic mass is 16.2. The third-order valence-corrected chi connectivity index (χ3v) is 2.35. The number of hydrogen-bond donors (Lipinski definition) is 0. The second kappa shape index (κ2) is 1.84. The molecular formula is C8H11NO. The molecule has 0 aromatic carbocycles. The summed E-state index contributed by atoms with van der Waals surface area (Å²) in [5, 5.41) is 0. The van der Waals surface area contributed by atoms with Gasteiger partial charge in [0.1, 0.15) is 0 Å². The third kappa shape index (κ3) is 0.681. The van der Waals surface area contributed by atoms with Gasteiger partial charge in [-0.1, -0.05) is 12.2 Å². The van der Waals surface area contributed by atoms with Crippen molar-refractivity contribution in [2.24, 2.45) is 0 Å². The smallest absolute Gasteiger partial charge is 0.220 e. The van der Waals surface area contributed by atoms with Crippen molar-refractivity contribution in [2.75, 3.05) is 0 Å². The predicted molar refractivity (Wildman–Crippen MR) is 38.5 cm³/mol. The van der Waals surface area contributed by atoms with Crippen LogP contribution >= 0.6 is 0 Å². The molecule has 2 rings (SSSR count). The minimum Gasteiger partial charge on any atom is -0.332 e. The predicted octanol–water partition coefficient (Wildman–Crippen LogP) is 0.936. The number of fused-ring (bicyclic) bond motifs is 1. The van der Waals surface area contributed by atoms with Crippen molar-refractivity contribution in [3.05, 3.63) is 12.2 Å². The van der Waals surface area contributed by atoms with E-state index in [1.165, 1.54) is 0 Å². The monoisotopic (exact) mass is 137 g/mol. The van der Waals surface area contributed by atoms with E-state index in [0.717, 1.165) is 12.8 Å². The Bertz CT molecular complexity index is 183. The van der Waals surface area contributed by atoms with Crippen LogP contribution in [-0.2, 0) is 4.79 Å². The molecule has 2 heteroatoms. The number of rotatable bonds is 0. The van der Waals surface area contributed by atoms with Crippen LogP contribution in [0.4, 0.5) is 0 Å². The van der Waals surface area contributed by atoms with Gasteiger partial charge in [0.2, 0.25) is 5.91 Å². The van der Waals surface area contributed by atoms with Crippen molar-refractivity contribution in [2.45, 2.75) is 31.8 Å². The molecule has 2 nitrogen and oxygen atoms in total. The van der Waals surface area contributed by atoms with Crippen molar-refractivity contribution in [1.82, 2.24) is 4.90 Å². The van der Waals surface area contributed by atoms with Crippen LogP contribution in [0.3, 0.4) is 0 Å². The summed E-state index contributed by atoms with van der Waals surface area (Å²) in [7, 11) is 0. The molecule has 1 aliphatic carbocycles. The molecule has 0 N–H and O–H groups in total. The van der Waals surface area contributed by atoms with Crippen LogP contribution in [0, 0.1) is 0 Å². The van der Waals surface area contributed by atoms with Gasteiger partial charge < -0.3 is 4.90 Å². The molecule has 0 radical (unpaired) electrons. The van der Waals surface area contributed by atoms with Crippen molar-refractivity contribution < 1.29 is 4.79 Å². The number of carbonyl (C=O) groups is 1. The maximum Gasteiger partial charge on any atom is 0.220 e. The quantitative estimate of drug-likeness (QED) is 0.359. The lowest BCUT2D eigenvalue weighted by Gasteiger charge is -1.93. The van der Waals surface area contributed by atoms with Crippen LogP contribution < -0.4 is 0 Å². The van der Waals surface area contributed by atoms with Gasteiger partial charge in [-0.15, -0.1) is 0 Å². The fourth-order valence-corrected chi connectivity index (χ4v) is 1.81. The number of hydrogen-bond acceptors (Lipinski definition) is 1. The van der Waals surface area contributed by atoms with Crippen LogP contribution in [0.25, 0.3) is 0 Å². The van der Waals surface area contributed by atoms with Crippen LogP contribution in [-0.4, -0.2) is 22.9 Å². The summed E-state index contributed by atoms with van der Waals surface area (Å²) >= 11 is 0. The molecule has 1 aliphatic heterocycles. The van der Waals surface area contributed by atoms with Crippen molar-refractivity contribution in [3.8, 4) is 0 Å². The third-order valence-electron chi connectivity index (χ3n) is 2.35. The van der Waals surface area contributed by atoms with Gasteiger partial charge in [-0.3, -0.25) is 4.79 Å². The lowest BCUT2D eigenvalue weighted by Crippen LogP contribution is -2.08. The van der Waals surface area contributed by atoms with E-state index in [1.807, 2.05) is 4.90 Å². The normalized spacial score (nSPS) is 35.5. The number of nitrogens with zero attached hydrogens (tertiary/aromatic N) is 1. The zero-order chi connectivity index (χ0) is 7.14. The fourth-order valence-electron chi connectivity index (χ4n) is 1.81. The minimum absolute atomic E-state index is 0.235. The minimum atomic E-state index is 0.235. The molecule has 0 saturated carbocycles. The molecule has 2 aliphatic rings. The van der Waals surface area contributed by atoms with E-state index in [4.69, 9.17) is 0 Å². The van der Waals surface area contributed by atoms with E-state index >= 15 is 0 Å². The van der Waals surface area contributed by atoms with Gasteiger partial charge in [-0.05, 0) is 12.8 Å². The first-order valence-electron chi connectivity index (χ1n) is 3.74. The highest BCUT2D eigenvalue weighted by Crippen LogP contribution is 2.36. The Kier molecular flexibility index (Phi) is 1.10. The van der Waals surface area contributed by atoms with Crippen molar-refractivity contribution >= 4 is 5.91 Å². The SMILES string of the molecule is CC(=O)N1[C@@H]2CC=CC[C@@H]21. The standard InChI is InChI=1S/C8H11NO/c1-6(10)9-7-4-2-3-5-8(7)9/h2-3,7-8H,4-5H2,1H3/t7-,8+,9?. The van der Waals surface area contributed by atoms with Crippen LogP contribution in [0.1, 0.15) is 19.8 Å². The second-order valence-corrected chi connectivity index (χ2v) is 3.00. The van der Waals surface area contributed by atoms with Crippen LogP contribution in [0.15, 0.2) is 12.2 Å². The van der Waals surface area contributed by atoms with E-state index in [2.05, 4.69) is 12.2 Å². The molecule has 0 aromatic rings. The Labute approximate surface area is 60.5 Å². The van der Waals surface area contributed by atoms with Crippen molar-refractivity contribution in [3.63, 3.8) is 0 Å². The first-order valence-corrected chi connectivity index (χ1v) is 3.74. The zero-order valence-corrected chi connectivity index (χ0v) is 6.08. The van der Waals surface area contributed by atoms with E-state index in [-0.39, 0.29) is 5.91 Å². The van der Waals surface area contributed by atoms with E-state index < -0.39 is 0 Å². The summed E-state index contributed by atoms with van der Waals surface area (Å²) in [6.07, 6.45) is 6.49.